The Bertz CT molecular complexity index is 592. The van der Waals surface area contributed by atoms with Crippen molar-refractivity contribution in [2.45, 2.75) is 45.3 Å². The van der Waals surface area contributed by atoms with Crippen LogP contribution in [-0.4, -0.2) is 18.3 Å². The van der Waals surface area contributed by atoms with Crippen molar-refractivity contribution in [1.82, 2.24) is 0 Å². The van der Waals surface area contributed by atoms with Crippen molar-refractivity contribution in [2.75, 3.05) is 0 Å². The Morgan fingerprint density at radius 1 is 1.20 bits per heavy atom. The monoisotopic (exact) mass is 267 g/mol. The van der Waals surface area contributed by atoms with Gasteiger partial charge in [0.05, 0.1) is 22.8 Å². The van der Waals surface area contributed by atoms with Crippen molar-refractivity contribution in [3.8, 4) is 18.4 Å². The highest BCUT2D eigenvalue weighted by molar-refractivity contribution is 6.62. The molecule has 0 bridgehead atoms. The fraction of sp³-hybridized carbons (Fsp3) is 0.438. The Balaban J connectivity index is 2.35. The number of nitrogens with zero attached hydrogens (tertiary/aromatic N) is 1. The summed E-state index contributed by atoms with van der Waals surface area (Å²) in [6, 6.07) is 7.69. The molecule has 0 amide bonds. The second-order valence-electron chi connectivity index (χ2n) is 6.00. The summed E-state index contributed by atoms with van der Waals surface area (Å²) in [4.78, 5) is 0. The molecule has 0 atom stereocenters. The van der Waals surface area contributed by atoms with E-state index in [9.17, 15) is 0 Å². The van der Waals surface area contributed by atoms with Gasteiger partial charge < -0.3 is 9.31 Å². The first-order valence-electron chi connectivity index (χ1n) is 6.63. The van der Waals surface area contributed by atoms with Gasteiger partial charge in [-0.1, -0.05) is 12.1 Å². The highest BCUT2D eigenvalue weighted by Crippen LogP contribution is 2.36. The molecule has 1 aliphatic heterocycles. The SMILES string of the molecule is C#CCc1cc(B2OC(C)(C)C(C)(C)O2)ccc1C#N. The fourth-order valence-corrected chi connectivity index (χ4v) is 2.10. The Kier molecular flexibility index (Phi) is 3.65. The first-order valence-corrected chi connectivity index (χ1v) is 6.63. The van der Waals surface area contributed by atoms with Gasteiger partial charge in [0, 0.05) is 6.42 Å². The lowest BCUT2D eigenvalue weighted by Crippen LogP contribution is -2.41. The van der Waals surface area contributed by atoms with Crippen LogP contribution in [0.3, 0.4) is 0 Å². The molecule has 0 unspecified atom stereocenters. The summed E-state index contributed by atoms with van der Waals surface area (Å²) in [6.45, 7) is 8.05. The molecule has 4 heteroatoms. The summed E-state index contributed by atoms with van der Waals surface area (Å²) in [6.07, 6.45) is 5.78. The number of hydrogen-bond donors (Lipinski definition) is 0. The minimum atomic E-state index is -0.427. The largest absolute Gasteiger partial charge is 0.494 e. The number of benzene rings is 1. The Morgan fingerprint density at radius 3 is 2.30 bits per heavy atom. The third kappa shape index (κ3) is 2.45. The zero-order valence-electron chi connectivity index (χ0n) is 12.4. The molecule has 0 N–H and O–H groups in total. The standard InChI is InChI=1S/C16H18BNO2/c1-6-7-12-10-14(9-8-13(12)11-18)17-19-15(2,3)16(4,5)20-17/h1,8-10H,7H2,2-5H3. The normalized spacial score (nSPS) is 19.4. The summed E-state index contributed by atoms with van der Waals surface area (Å²) < 4.78 is 12.0. The Labute approximate surface area is 121 Å². The average molecular weight is 267 g/mol. The zero-order chi connectivity index (χ0) is 15.0. The van der Waals surface area contributed by atoms with E-state index in [1.54, 1.807) is 6.07 Å². The molecule has 1 aromatic carbocycles. The molecule has 1 saturated heterocycles. The van der Waals surface area contributed by atoms with Gasteiger partial charge in [0.15, 0.2) is 0 Å². The smallest absolute Gasteiger partial charge is 0.399 e. The van der Waals surface area contributed by atoms with E-state index in [1.165, 1.54) is 0 Å². The van der Waals surface area contributed by atoms with E-state index in [0.29, 0.717) is 12.0 Å². The summed E-state index contributed by atoms with van der Waals surface area (Å²) in [7, 11) is -0.427. The fourth-order valence-electron chi connectivity index (χ4n) is 2.10. The van der Waals surface area contributed by atoms with E-state index in [-0.39, 0.29) is 11.2 Å². The van der Waals surface area contributed by atoms with Gasteiger partial charge in [-0.25, -0.2) is 0 Å². The molecule has 0 spiro atoms. The highest BCUT2D eigenvalue weighted by Gasteiger charge is 2.51. The molecule has 1 aromatic rings. The van der Waals surface area contributed by atoms with Crippen LogP contribution in [0.4, 0.5) is 0 Å². The first kappa shape index (κ1) is 14.7. The van der Waals surface area contributed by atoms with Gasteiger partial charge in [0.1, 0.15) is 0 Å². The van der Waals surface area contributed by atoms with E-state index < -0.39 is 7.12 Å². The number of terminal acetylenes is 1. The van der Waals surface area contributed by atoms with Crippen LogP contribution in [0, 0.1) is 23.7 Å². The van der Waals surface area contributed by atoms with Gasteiger partial charge in [-0.05, 0) is 44.8 Å². The second kappa shape index (κ2) is 4.98. The van der Waals surface area contributed by atoms with Crippen LogP contribution in [0.2, 0.25) is 0 Å². The maximum Gasteiger partial charge on any atom is 0.494 e. The van der Waals surface area contributed by atoms with Gasteiger partial charge in [0.2, 0.25) is 0 Å². The van der Waals surface area contributed by atoms with Crippen molar-refractivity contribution >= 4 is 12.6 Å². The van der Waals surface area contributed by atoms with Crippen LogP contribution in [0.5, 0.6) is 0 Å². The molecule has 0 radical (unpaired) electrons. The van der Waals surface area contributed by atoms with Crippen LogP contribution in [0.25, 0.3) is 0 Å². The van der Waals surface area contributed by atoms with Gasteiger partial charge in [0.25, 0.3) is 0 Å². The topological polar surface area (TPSA) is 42.2 Å². The minimum Gasteiger partial charge on any atom is -0.399 e. The van der Waals surface area contributed by atoms with E-state index >= 15 is 0 Å². The van der Waals surface area contributed by atoms with Gasteiger partial charge in [-0.3, -0.25) is 0 Å². The van der Waals surface area contributed by atoms with Crippen LogP contribution in [-0.2, 0) is 15.7 Å². The molecular formula is C16H18BNO2. The lowest BCUT2D eigenvalue weighted by atomic mass is 9.77. The molecule has 1 aliphatic rings. The van der Waals surface area contributed by atoms with Gasteiger partial charge >= 0.3 is 7.12 Å². The lowest BCUT2D eigenvalue weighted by molar-refractivity contribution is 0.00578. The molecule has 0 saturated carbocycles. The maximum absolute atomic E-state index is 9.09. The van der Waals surface area contributed by atoms with E-state index in [4.69, 9.17) is 21.0 Å². The molecule has 102 valence electrons. The molecule has 3 nitrogen and oxygen atoms in total. The van der Waals surface area contributed by atoms with E-state index in [1.807, 2.05) is 39.8 Å². The molecule has 20 heavy (non-hydrogen) atoms. The third-order valence-corrected chi connectivity index (χ3v) is 4.07. The number of nitriles is 1. The van der Waals surface area contributed by atoms with Crippen molar-refractivity contribution in [2.24, 2.45) is 0 Å². The molecular weight excluding hydrogens is 249 g/mol. The molecule has 1 heterocycles. The molecule has 2 rings (SSSR count). The minimum absolute atomic E-state index is 0.377. The maximum atomic E-state index is 9.09. The lowest BCUT2D eigenvalue weighted by Gasteiger charge is -2.32. The molecule has 0 aromatic heterocycles. The first-order chi connectivity index (χ1) is 9.30. The van der Waals surface area contributed by atoms with Crippen LogP contribution in [0.1, 0.15) is 38.8 Å². The summed E-state index contributed by atoms with van der Waals surface area (Å²) in [5.41, 5.74) is 1.58. The third-order valence-electron chi connectivity index (χ3n) is 4.07. The summed E-state index contributed by atoms with van der Waals surface area (Å²) >= 11 is 0. The van der Waals surface area contributed by atoms with E-state index in [2.05, 4.69) is 12.0 Å². The Morgan fingerprint density at radius 2 is 1.80 bits per heavy atom. The predicted molar refractivity (Wildman–Crippen MR) is 79.4 cm³/mol. The van der Waals surface area contributed by atoms with Gasteiger partial charge in [-0.15, -0.1) is 12.3 Å². The number of rotatable bonds is 2. The van der Waals surface area contributed by atoms with Crippen molar-refractivity contribution in [3.05, 3.63) is 29.3 Å². The van der Waals surface area contributed by atoms with Crippen LogP contribution >= 0.6 is 0 Å². The van der Waals surface area contributed by atoms with Crippen molar-refractivity contribution in [3.63, 3.8) is 0 Å². The van der Waals surface area contributed by atoms with Crippen LogP contribution in [0.15, 0.2) is 18.2 Å². The molecule has 0 aliphatic carbocycles. The van der Waals surface area contributed by atoms with Crippen LogP contribution < -0.4 is 5.46 Å². The summed E-state index contributed by atoms with van der Waals surface area (Å²) in [5, 5.41) is 9.09. The summed E-state index contributed by atoms with van der Waals surface area (Å²) in [5.74, 6) is 2.58. The molecule has 1 fully saturated rings. The van der Waals surface area contributed by atoms with Crippen molar-refractivity contribution in [1.29, 1.82) is 5.26 Å². The van der Waals surface area contributed by atoms with Gasteiger partial charge in [-0.2, -0.15) is 5.26 Å². The Hall–Kier alpha value is -1.75. The number of hydrogen-bond acceptors (Lipinski definition) is 3. The quantitative estimate of drug-likeness (QED) is 0.608. The van der Waals surface area contributed by atoms with E-state index in [0.717, 1.165) is 11.0 Å². The highest BCUT2D eigenvalue weighted by atomic mass is 16.7. The van der Waals surface area contributed by atoms with Crippen molar-refractivity contribution < 1.29 is 9.31 Å². The predicted octanol–water partition coefficient (Wildman–Crippen LogP) is 2.03. The zero-order valence-corrected chi connectivity index (χ0v) is 12.4. The second-order valence-corrected chi connectivity index (χ2v) is 6.00. The average Bonchev–Trinajstić information content (AvgIpc) is 2.59.